The van der Waals surface area contributed by atoms with Gasteiger partial charge in [0.2, 0.25) is 5.91 Å². The molecule has 1 fully saturated rings. The van der Waals surface area contributed by atoms with Gasteiger partial charge in [0.1, 0.15) is 0 Å². The second-order valence-electron chi connectivity index (χ2n) is 6.37. The molecule has 0 unspecified atom stereocenters. The third-order valence-electron chi connectivity index (χ3n) is 4.37. The van der Waals surface area contributed by atoms with Gasteiger partial charge in [0, 0.05) is 36.9 Å². The summed E-state index contributed by atoms with van der Waals surface area (Å²) in [6, 6.07) is 2.71. The second kappa shape index (κ2) is 7.59. The van der Waals surface area contributed by atoms with E-state index in [1.54, 1.807) is 6.20 Å². The Morgan fingerprint density at radius 3 is 2.62 bits per heavy atom. The molecule has 0 bridgehead atoms. The van der Waals surface area contributed by atoms with Crippen LogP contribution in [-0.2, 0) is 11.3 Å². The molecule has 118 valence electrons. The molecule has 5 heteroatoms. The molecule has 1 aliphatic heterocycles. The molecule has 1 amide bonds. The molecule has 21 heavy (non-hydrogen) atoms. The van der Waals surface area contributed by atoms with Crippen molar-refractivity contribution in [3.63, 3.8) is 0 Å². The predicted octanol–water partition coefficient (Wildman–Crippen LogP) is 1.90. The van der Waals surface area contributed by atoms with Crippen molar-refractivity contribution >= 4 is 5.91 Å². The summed E-state index contributed by atoms with van der Waals surface area (Å²) in [6.07, 6.45) is 6.62. The Labute approximate surface area is 127 Å². The Morgan fingerprint density at radius 1 is 1.33 bits per heavy atom. The van der Waals surface area contributed by atoms with E-state index in [1.807, 2.05) is 16.9 Å². The van der Waals surface area contributed by atoms with E-state index in [1.165, 1.54) is 0 Å². The molecule has 2 heterocycles. The lowest BCUT2D eigenvalue weighted by Gasteiger charge is -2.34. The van der Waals surface area contributed by atoms with E-state index >= 15 is 0 Å². The maximum absolute atomic E-state index is 12.3. The number of carbonyl (C=O) groups is 1. The van der Waals surface area contributed by atoms with E-state index in [-0.39, 0.29) is 17.9 Å². The summed E-state index contributed by atoms with van der Waals surface area (Å²) in [4.78, 5) is 14.7. The summed E-state index contributed by atoms with van der Waals surface area (Å²) in [5, 5.41) is 7.34. The molecule has 1 atom stereocenters. The number of nitrogens with one attached hydrogen (secondary N) is 1. The monoisotopic (exact) mass is 292 g/mol. The largest absolute Gasteiger partial charge is 0.353 e. The highest BCUT2D eigenvalue weighted by atomic mass is 16.1. The highest BCUT2D eigenvalue weighted by molar-refractivity contribution is 5.79. The number of hydrogen-bond acceptors (Lipinski definition) is 3. The lowest BCUT2D eigenvalue weighted by atomic mass is 9.95. The van der Waals surface area contributed by atoms with E-state index in [4.69, 9.17) is 0 Å². The Balaban J connectivity index is 1.69. The molecule has 0 spiro atoms. The maximum Gasteiger partial charge on any atom is 0.223 e. The van der Waals surface area contributed by atoms with Crippen LogP contribution in [0, 0.1) is 5.92 Å². The van der Waals surface area contributed by atoms with Crippen LogP contribution in [0.15, 0.2) is 18.5 Å². The van der Waals surface area contributed by atoms with Gasteiger partial charge in [-0.25, -0.2) is 0 Å². The lowest BCUT2D eigenvalue weighted by molar-refractivity contribution is -0.127. The highest BCUT2D eigenvalue weighted by Gasteiger charge is 2.26. The first-order valence-corrected chi connectivity index (χ1v) is 8.08. The minimum Gasteiger partial charge on any atom is -0.353 e. The van der Waals surface area contributed by atoms with Crippen LogP contribution in [-0.4, -0.2) is 45.8 Å². The van der Waals surface area contributed by atoms with Gasteiger partial charge in [0.15, 0.2) is 0 Å². The summed E-state index contributed by atoms with van der Waals surface area (Å²) in [5.41, 5.74) is 0. The summed E-state index contributed by atoms with van der Waals surface area (Å²) >= 11 is 0. The van der Waals surface area contributed by atoms with Crippen molar-refractivity contribution in [2.24, 2.45) is 5.92 Å². The summed E-state index contributed by atoms with van der Waals surface area (Å²) < 4.78 is 1.91. The minimum absolute atomic E-state index is 0.187. The van der Waals surface area contributed by atoms with Crippen LogP contribution < -0.4 is 5.32 Å². The van der Waals surface area contributed by atoms with Gasteiger partial charge in [-0.3, -0.25) is 9.48 Å². The van der Waals surface area contributed by atoms with Gasteiger partial charge < -0.3 is 10.2 Å². The zero-order valence-corrected chi connectivity index (χ0v) is 13.5. The Hall–Kier alpha value is -1.36. The standard InChI is InChI=1S/C16H28N4O/c1-13(2)19-10-6-15(7-11-19)16(21)18-14(3)5-12-20-9-4-8-17-20/h4,8-9,13-15H,5-7,10-12H2,1-3H3,(H,18,21)/t14-/m1/s1. The maximum atomic E-state index is 12.3. The molecule has 1 N–H and O–H groups in total. The van der Waals surface area contributed by atoms with Crippen LogP contribution in [0.4, 0.5) is 0 Å². The second-order valence-corrected chi connectivity index (χ2v) is 6.37. The van der Waals surface area contributed by atoms with E-state index in [0.29, 0.717) is 6.04 Å². The third-order valence-corrected chi connectivity index (χ3v) is 4.37. The van der Waals surface area contributed by atoms with E-state index in [9.17, 15) is 4.79 Å². The van der Waals surface area contributed by atoms with Gasteiger partial charge in [0.25, 0.3) is 0 Å². The smallest absolute Gasteiger partial charge is 0.223 e. The number of piperidine rings is 1. The number of aromatic nitrogens is 2. The van der Waals surface area contributed by atoms with Crippen LogP contribution >= 0.6 is 0 Å². The predicted molar refractivity (Wildman–Crippen MR) is 83.9 cm³/mol. The van der Waals surface area contributed by atoms with Gasteiger partial charge in [0.05, 0.1) is 0 Å². The zero-order valence-electron chi connectivity index (χ0n) is 13.5. The average molecular weight is 292 g/mol. The molecule has 5 nitrogen and oxygen atoms in total. The molecule has 0 saturated carbocycles. The first kappa shape index (κ1) is 16.0. The van der Waals surface area contributed by atoms with Crippen molar-refractivity contribution in [1.29, 1.82) is 0 Å². The molecule has 0 aromatic carbocycles. The summed E-state index contributed by atoms with van der Waals surface area (Å²) in [7, 11) is 0. The van der Waals surface area contributed by atoms with Crippen molar-refractivity contribution in [2.45, 2.75) is 58.7 Å². The molecule has 1 aliphatic rings. The Morgan fingerprint density at radius 2 is 2.05 bits per heavy atom. The fourth-order valence-electron chi connectivity index (χ4n) is 2.87. The summed E-state index contributed by atoms with van der Waals surface area (Å²) in [6.45, 7) is 9.44. The van der Waals surface area contributed by atoms with E-state index < -0.39 is 0 Å². The minimum atomic E-state index is 0.187. The fourth-order valence-corrected chi connectivity index (χ4v) is 2.87. The van der Waals surface area contributed by atoms with Gasteiger partial charge in [-0.15, -0.1) is 0 Å². The van der Waals surface area contributed by atoms with Crippen LogP contribution in [0.3, 0.4) is 0 Å². The highest BCUT2D eigenvalue weighted by Crippen LogP contribution is 2.19. The first-order valence-electron chi connectivity index (χ1n) is 8.08. The van der Waals surface area contributed by atoms with Gasteiger partial charge in [-0.2, -0.15) is 5.10 Å². The Kier molecular flexibility index (Phi) is 5.79. The number of carbonyl (C=O) groups excluding carboxylic acids is 1. The number of hydrogen-bond donors (Lipinski definition) is 1. The molecular weight excluding hydrogens is 264 g/mol. The topological polar surface area (TPSA) is 50.2 Å². The molecule has 0 radical (unpaired) electrons. The Bertz CT molecular complexity index is 421. The van der Waals surface area contributed by atoms with Crippen molar-refractivity contribution < 1.29 is 4.79 Å². The molecule has 1 saturated heterocycles. The van der Waals surface area contributed by atoms with Gasteiger partial charge in [-0.1, -0.05) is 0 Å². The van der Waals surface area contributed by atoms with Crippen molar-refractivity contribution in [1.82, 2.24) is 20.0 Å². The average Bonchev–Trinajstić information content (AvgIpc) is 2.98. The molecular formula is C16H28N4O. The van der Waals surface area contributed by atoms with Crippen LogP contribution in [0.1, 0.15) is 40.0 Å². The SMILES string of the molecule is CC(C)N1CCC(C(=O)N[C@H](C)CCn2cccn2)CC1. The quantitative estimate of drug-likeness (QED) is 0.871. The third kappa shape index (κ3) is 4.84. The van der Waals surface area contributed by atoms with Crippen LogP contribution in [0.2, 0.25) is 0 Å². The first-order chi connectivity index (χ1) is 10.1. The fraction of sp³-hybridized carbons (Fsp3) is 0.750. The molecule has 2 rings (SSSR count). The normalized spacial score (nSPS) is 18.9. The van der Waals surface area contributed by atoms with Crippen molar-refractivity contribution in [3.8, 4) is 0 Å². The van der Waals surface area contributed by atoms with E-state index in [0.717, 1.165) is 38.9 Å². The molecule has 0 aliphatic carbocycles. The van der Waals surface area contributed by atoms with Crippen LogP contribution in [0.25, 0.3) is 0 Å². The zero-order chi connectivity index (χ0) is 15.2. The van der Waals surface area contributed by atoms with Crippen LogP contribution in [0.5, 0.6) is 0 Å². The summed E-state index contributed by atoms with van der Waals surface area (Å²) in [5.74, 6) is 0.415. The van der Waals surface area contributed by atoms with Gasteiger partial charge >= 0.3 is 0 Å². The number of rotatable bonds is 6. The number of likely N-dealkylation sites (tertiary alicyclic amines) is 1. The number of nitrogens with zero attached hydrogens (tertiary/aromatic N) is 3. The number of amides is 1. The molecule has 1 aromatic heterocycles. The van der Waals surface area contributed by atoms with E-state index in [2.05, 4.69) is 36.1 Å². The molecule has 1 aromatic rings. The van der Waals surface area contributed by atoms with Crippen molar-refractivity contribution in [3.05, 3.63) is 18.5 Å². The van der Waals surface area contributed by atoms with Gasteiger partial charge in [-0.05, 0) is 59.2 Å². The lowest BCUT2D eigenvalue weighted by Crippen LogP contribution is -2.45. The number of aryl methyl sites for hydroxylation is 1. The van der Waals surface area contributed by atoms with Crippen molar-refractivity contribution in [2.75, 3.05) is 13.1 Å².